The first-order valence-corrected chi connectivity index (χ1v) is 2.49. The second-order valence-corrected chi connectivity index (χ2v) is 3.08. The van der Waals surface area contributed by atoms with E-state index >= 15 is 0 Å². The van der Waals surface area contributed by atoms with Gasteiger partial charge < -0.3 is 0 Å². The van der Waals surface area contributed by atoms with Gasteiger partial charge in [0.1, 0.15) is 0 Å². The summed E-state index contributed by atoms with van der Waals surface area (Å²) in [5.41, 5.74) is 0. The summed E-state index contributed by atoms with van der Waals surface area (Å²) in [5.74, 6) is 0. The monoisotopic (exact) mass is 189 g/mol. The molecular weight excluding hydrogens is 190 g/mol. The molecule has 26 valence electrons. The van der Waals surface area contributed by atoms with Crippen molar-refractivity contribution in [1.82, 2.24) is 0 Å². The Hall–Kier alpha value is 0.890. The first kappa shape index (κ1) is 4.89. The van der Waals surface area contributed by atoms with Crippen LogP contribution in [0.25, 0.3) is 0 Å². The molecule has 0 aromatic carbocycles. The second kappa shape index (κ2) is 2.15. The standard InChI is InChI=1S/CHBr2F/c2-1(3)4/h1H/i4-1. The highest BCUT2D eigenvalue weighted by Crippen LogP contribution is 2.06. The van der Waals surface area contributed by atoms with Crippen LogP contribution in [0.2, 0.25) is 0 Å². The zero-order chi connectivity index (χ0) is 3.58. The lowest BCUT2D eigenvalue weighted by Gasteiger charge is -1.69. The molecule has 0 aromatic rings. The van der Waals surface area contributed by atoms with E-state index in [9.17, 15) is 4.39 Å². The molecule has 0 amide bonds. The third-order valence-electron chi connectivity index (χ3n) is 0. The molecule has 0 fully saturated rings. The molecule has 0 heterocycles. The molecule has 3 heteroatoms. The molecule has 0 saturated carbocycles. The van der Waals surface area contributed by atoms with Gasteiger partial charge in [0.15, 0.2) is 0 Å². The van der Waals surface area contributed by atoms with Gasteiger partial charge in [-0.3, -0.25) is 0 Å². The van der Waals surface area contributed by atoms with E-state index in [-0.39, 0.29) is 0 Å². The molecule has 0 nitrogen and oxygen atoms in total. The molecule has 0 unspecified atom stereocenters. The van der Waals surface area contributed by atoms with Crippen molar-refractivity contribution in [3.63, 3.8) is 0 Å². The van der Waals surface area contributed by atoms with Gasteiger partial charge in [0.05, 0.1) is 0 Å². The summed E-state index contributed by atoms with van der Waals surface area (Å²) >= 11 is 5.04. The van der Waals surface area contributed by atoms with Gasteiger partial charge in [-0.25, -0.2) is 4.39 Å². The molecular formula is CHBr2F. The Morgan fingerprint density at radius 3 is 1.50 bits per heavy atom. The first-order valence-electron chi connectivity index (χ1n) is 0.655. The summed E-state index contributed by atoms with van der Waals surface area (Å²) in [5, 5.41) is 0. The fourth-order valence-corrected chi connectivity index (χ4v) is 0. The number of alkyl halides is 3. The SMILES string of the molecule is [18F]C(Br)Br. The maximum absolute atomic E-state index is 10.8. The Balaban J connectivity index is 2.32. The third kappa shape index (κ3) is 13.0. The highest BCUT2D eigenvalue weighted by Gasteiger charge is 1.80. The van der Waals surface area contributed by atoms with E-state index in [1.807, 2.05) is 0 Å². The van der Waals surface area contributed by atoms with Crippen molar-refractivity contribution in [3.8, 4) is 0 Å². The molecule has 0 bridgehead atoms. The molecule has 0 aliphatic rings. The van der Waals surface area contributed by atoms with E-state index in [1.165, 1.54) is 0 Å². The summed E-state index contributed by atoms with van der Waals surface area (Å²) < 4.78 is 9.79. The van der Waals surface area contributed by atoms with Crippen LogP contribution in [0.1, 0.15) is 0 Å². The number of rotatable bonds is 0. The molecule has 0 aromatic heterocycles. The van der Waals surface area contributed by atoms with Crippen LogP contribution in [-0.4, -0.2) is 3.99 Å². The van der Waals surface area contributed by atoms with E-state index in [1.54, 1.807) is 0 Å². The Labute approximate surface area is 40.6 Å². The maximum Gasteiger partial charge on any atom is 0.209 e. The normalized spacial score (nSPS) is 9.00. The summed E-state index contributed by atoms with van der Waals surface area (Å²) in [4.78, 5) is 0. The number of hydrogen-bond donors (Lipinski definition) is 0. The van der Waals surface area contributed by atoms with Gasteiger partial charge in [-0.2, -0.15) is 0 Å². The fourth-order valence-electron chi connectivity index (χ4n) is 0. The lowest BCUT2D eigenvalue weighted by molar-refractivity contribution is 0.584. The molecule has 0 spiro atoms. The van der Waals surface area contributed by atoms with Crippen LogP contribution in [0.3, 0.4) is 0 Å². The van der Waals surface area contributed by atoms with Crippen molar-refractivity contribution in [2.75, 3.05) is 0 Å². The van der Waals surface area contributed by atoms with Gasteiger partial charge >= 0.3 is 0 Å². The van der Waals surface area contributed by atoms with Crippen molar-refractivity contribution in [1.29, 1.82) is 0 Å². The maximum atomic E-state index is 10.8. The lowest BCUT2D eigenvalue weighted by Crippen LogP contribution is -1.55. The van der Waals surface area contributed by atoms with E-state index in [4.69, 9.17) is 0 Å². The lowest BCUT2D eigenvalue weighted by atomic mass is 11.8. The van der Waals surface area contributed by atoms with Crippen molar-refractivity contribution in [2.24, 2.45) is 0 Å². The van der Waals surface area contributed by atoms with E-state index in [0.717, 1.165) is 0 Å². The predicted molar refractivity (Wildman–Crippen MR) is 22.7 cm³/mol. The third-order valence-corrected chi connectivity index (χ3v) is 0. The zero-order valence-electron chi connectivity index (χ0n) is 1.71. The van der Waals surface area contributed by atoms with Crippen LogP contribution < -0.4 is 0 Å². The van der Waals surface area contributed by atoms with Crippen LogP contribution in [0, 0.1) is 0 Å². The summed E-state index contributed by atoms with van der Waals surface area (Å²) in [6.45, 7) is 0. The number of hydrogen-bond acceptors (Lipinski definition) is 0. The average Bonchev–Trinajstić information content (AvgIpc) is 0.811. The molecule has 0 radical (unpaired) electrons. The minimum absolute atomic E-state index is 1.04. The summed E-state index contributed by atoms with van der Waals surface area (Å²) in [7, 11) is 0. The van der Waals surface area contributed by atoms with Crippen LogP contribution in [-0.2, 0) is 0 Å². The van der Waals surface area contributed by atoms with Crippen molar-refractivity contribution < 1.29 is 4.39 Å². The van der Waals surface area contributed by atoms with Crippen LogP contribution in [0.5, 0.6) is 0 Å². The first-order chi connectivity index (χ1) is 1.73. The molecule has 0 saturated heterocycles. The van der Waals surface area contributed by atoms with Gasteiger partial charge in [0, 0.05) is 0 Å². The van der Waals surface area contributed by atoms with Crippen molar-refractivity contribution in [3.05, 3.63) is 0 Å². The highest BCUT2D eigenvalue weighted by molar-refractivity contribution is 9.24. The van der Waals surface area contributed by atoms with Gasteiger partial charge in [-0.05, 0) is 31.9 Å². The van der Waals surface area contributed by atoms with E-state index in [2.05, 4.69) is 31.9 Å². The molecule has 0 aliphatic carbocycles. The van der Waals surface area contributed by atoms with Crippen LogP contribution >= 0.6 is 31.9 Å². The van der Waals surface area contributed by atoms with Crippen molar-refractivity contribution >= 4 is 31.9 Å². The van der Waals surface area contributed by atoms with Gasteiger partial charge in [0.25, 0.3) is 0 Å². The Morgan fingerprint density at radius 2 is 1.50 bits per heavy atom. The fraction of sp³-hybridized carbons (Fsp3) is 1.00. The Morgan fingerprint density at radius 1 is 1.50 bits per heavy atom. The largest absolute Gasteiger partial charge is 0.222 e. The Kier molecular flexibility index (Phi) is 2.62. The van der Waals surface area contributed by atoms with E-state index in [0.29, 0.717) is 0 Å². The van der Waals surface area contributed by atoms with Gasteiger partial charge in [0.2, 0.25) is 3.99 Å². The number of halogens is 3. The van der Waals surface area contributed by atoms with Crippen LogP contribution in [0.15, 0.2) is 0 Å². The average molecular weight is 191 g/mol. The molecule has 0 aliphatic heterocycles. The smallest absolute Gasteiger partial charge is 0.209 e. The highest BCUT2D eigenvalue weighted by atomic mass is 79.9. The quantitative estimate of drug-likeness (QED) is 0.513. The predicted octanol–water partition coefficient (Wildman–Crippen LogP) is 2.03. The summed E-state index contributed by atoms with van der Waals surface area (Å²) in [6, 6.07) is 0. The second-order valence-electron chi connectivity index (χ2n) is 0.247. The summed E-state index contributed by atoms with van der Waals surface area (Å²) in [6.07, 6.45) is 0. The molecule has 0 atom stereocenters. The molecule has 0 N–H and O–H groups in total. The zero-order valence-corrected chi connectivity index (χ0v) is 4.88. The minimum atomic E-state index is -1.04. The minimum Gasteiger partial charge on any atom is -0.222 e. The van der Waals surface area contributed by atoms with Gasteiger partial charge in [-0.15, -0.1) is 0 Å². The molecule has 4 heavy (non-hydrogen) atoms. The topological polar surface area (TPSA) is 0 Å². The van der Waals surface area contributed by atoms with Crippen molar-refractivity contribution in [2.45, 2.75) is 3.99 Å². The van der Waals surface area contributed by atoms with Gasteiger partial charge in [-0.1, -0.05) is 0 Å². The Bertz CT molecular complexity index is 10.8. The van der Waals surface area contributed by atoms with E-state index < -0.39 is 3.99 Å². The molecule has 0 rings (SSSR count). The van der Waals surface area contributed by atoms with Crippen LogP contribution in [0.4, 0.5) is 4.39 Å².